The number of amides is 1. The first-order chi connectivity index (χ1) is 11.8. The summed E-state index contributed by atoms with van der Waals surface area (Å²) in [5.41, 5.74) is 1.82. The number of rotatable bonds is 7. The molecule has 1 amide bonds. The van der Waals surface area contributed by atoms with Gasteiger partial charge in [-0.3, -0.25) is 4.79 Å². The zero-order valence-electron chi connectivity index (χ0n) is 13.0. The van der Waals surface area contributed by atoms with Crippen LogP contribution < -0.4 is 10.1 Å². The Morgan fingerprint density at radius 1 is 1.08 bits per heavy atom. The molecule has 0 saturated heterocycles. The third kappa shape index (κ3) is 4.63. The van der Waals surface area contributed by atoms with Gasteiger partial charge in [0.05, 0.1) is 17.7 Å². The van der Waals surface area contributed by atoms with Crippen molar-refractivity contribution in [2.24, 2.45) is 0 Å². The van der Waals surface area contributed by atoms with Crippen LogP contribution in [-0.2, 0) is 4.79 Å². The standard InChI is InChI=1S/C18H17N3O2S/c22-18(7-4-12-23-16-5-2-1-3-6-16)20-15-10-8-14(9-11-15)17-13-19-21-24-17/h1-3,5-6,8-11,13H,4,7,12H2,(H,20,22). The minimum absolute atomic E-state index is 0.0149. The van der Waals surface area contributed by atoms with Crippen LogP contribution in [0.1, 0.15) is 12.8 Å². The number of hydrogen-bond donors (Lipinski definition) is 1. The molecule has 0 fully saturated rings. The number of ether oxygens (including phenoxy) is 1. The lowest BCUT2D eigenvalue weighted by molar-refractivity contribution is -0.116. The van der Waals surface area contributed by atoms with Crippen molar-refractivity contribution >= 4 is 23.1 Å². The molecule has 0 spiro atoms. The number of nitrogens with one attached hydrogen (secondary N) is 1. The van der Waals surface area contributed by atoms with Gasteiger partial charge in [0.2, 0.25) is 5.91 Å². The molecule has 3 rings (SSSR count). The number of carbonyl (C=O) groups excluding carboxylic acids is 1. The molecule has 3 aromatic rings. The van der Waals surface area contributed by atoms with Crippen molar-refractivity contribution in [1.29, 1.82) is 0 Å². The Morgan fingerprint density at radius 3 is 2.58 bits per heavy atom. The van der Waals surface area contributed by atoms with E-state index >= 15 is 0 Å². The van der Waals surface area contributed by atoms with Gasteiger partial charge in [0.15, 0.2) is 0 Å². The zero-order chi connectivity index (χ0) is 16.6. The summed E-state index contributed by atoms with van der Waals surface area (Å²) in [4.78, 5) is 13.0. The predicted molar refractivity (Wildman–Crippen MR) is 95.1 cm³/mol. The van der Waals surface area contributed by atoms with E-state index in [0.29, 0.717) is 19.4 Å². The molecule has 0 radical (unpaired) electrons. The van der Waals surface area contributed by atoms with Crippen LogP contribution in [0.5, 0.6) is 5.75 Å². The summed E-state index contributed by atoms with van der Waals surface area (Å²) in [6.45, 7) is 0.523. The molecule has 0 atom stereocenters. The maximum atomic E-state index is 12.0. The Balaban J connectivity index is 1.42. The number of carbonyl (C=O) groups is 1. The van der Waals surface area contributed by atoms with Gasteiger partial charge in [-0.1, -0.05) is 34.8 Å². The van der Waals surface area contributed by atoms with E-state index in [1.165, 1.54) is 11.5 Å². The Bertz CT molecular complexity index is 759. The third-order valence-corrected chi connectivity index (χ3v) is 4.09. The number of nitrogens with zero attached hydrogens (tertiary/aromatic N) is 2. The van der Waals surface area contributed by atoms with E-state index < -0.39 is 0 Å². The summed E-state index contributed by atoms with van der Waals surface area (Å²) in [7, 11) is 0. The van der Waals surface area contributed by atoms with Gasteiger partial charge in [-0.05, 0) is 47.8 Å². The maximum absolute atomic E-state index is 12.0. The SMILES string of the molecule is O=C(CCCOc1ccccc1)Nc1ccc(-c2cnns2)cc1. The van der Waals surface area contributed by atoms with E-state index in [9.17, 15) is 4.79 Å². The van der Waals surface area contributed by atoms with Crippen molar-refractivity contribution in [2.45, 2.75) is 12.8 Å². The highest BCUT2D eigenvalue weighted by Crippen LogP contribution is 2.23. The van der Waals surface area contributed by atoms with Crippen LogP contribution in [0.15, 0.2) is 60.8 Å². The fraction of sp³-hybridized carbons (Fsp3) is 0.167. The van der Waals surface area contributed by atoms with E-state index in [1.54, 1.807) is 6.20 Å². The molecule has 5 nitrogen and oxygen atoms in total. The van der Waals surface area contributed by atoms with Crippen LogP contribution in [0.2, 0.25) is 0 Å². The van der Waals surface area contributed by atoms with Crippen molar-refractivity contribution in [2.75, 3.05) is 11.9 Å². The molecule has 0 aliphatic carbocycles. The van der Waals surface area contributed by atoms with Crippen LogP contribution >= 0.6 is 11.5 Å². The quantitative estimate of drug-likeness (QED) is 0.661. The van der Waals surface area contributed by atoms with Crippen molar-refractivity contribution in [3.63, 3.8) is 0 Å². The van der Waals surface area contributed by atoms with Gasteiger partial charge in [-0.15, -0.1) is 5.10 Å². The first-order valence-corrected chi connectivity index (χ1v) is 8.44. The molecule has 0 aliphatic heterocycles. The molecule has 0 bridgehead atoms. The largest absolute Gasteiger partial charge is 0.494 e. The van der Waals surface area contributed by atoms with Crippen LogP contribution in [0.25, 0.3) is 10.4 Å². The molecule has 0 saturated carbocycles. The molecule has 0 aliphatic rings. The Morgan fingerprint density at radius 2 is 1.88 bits per heavy atom. The van der Waals surface area contributed by atoms with Gasteiger partial charge in [-0.2, -0.15) is 0 Å². The summed E-state index contributed by atoms with van der Waals surface area (Å²) in [6.07, 6.45) is 2.82. The molecule has 6 heteroatoms. The molecule has 0 unspecified atom stereocenters. The zero-order valence-corrected chi connectivity index (χ0v) is 13.8. The fourth-order valence-electron chi connectivity index (χ4n) is 2.18. The molecular formula is C18H17N3O2S. The monoisotopic (exact) mass is 339 g/mol. The van der Waals surface area contributed by atoms with Crippen molar-refractivity contribution in [3.8, 4) is 16.2 Å². The first kappa shape index (κ1) is 16.1. The number of aromatic nitrogens is 2. The molecular weight excluding hydrogens is 322 g/mol. The highest BCUT2D eigenvalue weighted by molar-refractivity contribution is 7.09. The lowest BCUT2D eigenvalue weighted by atomic mass is 10.2. The Kier molecular flexibility index (Phi) is 5.52. The summed E-state index contributed by atoms with van der Waals surface area (Å²) >= 11 is 1.35. The molecule has 1 N–H and O–H groups in total. The topological polar surface area (TPSA) is 64.1 Å². The average molecular weight is 339 g/mol. The minimum Gasteiger partial charge on any atom is -0.494 e. The first-order valence-electron chi connectivity index (χ1n) is 7.67. The molecule has 1 aromatic heterocycles. The highest BCUT2D eigenvalue weighted by Gasteiger charge is 2.04. The Labute approximate surface area is 144 Å². The van der Waals surface area contributed by atoms with E-state index in [1.807, 2.05) is 54.6 Å². The highest BCUT2D eigenvalue weighted by atomic mass is 32.1. The summed E-state index contributed by atoms with van der Waals surface area (Å²) < 4.78 is 9.42. The van der Waals surface area contributed by atoms with E-state index in [4.69, 9.17) is 4.74 Å². The molecule has 122 valence electrons. The van der Waals surface area contributed by atoms with Crippen molar-refractivity contribution < 1.29 is 9.53 Å². The second-order valence-corrected chi connectivity index (χ2v) is 5.96. The lowest BCUT2D eigenvalue weighted by Crippen LogP contribution is -2.12. The van der Waals surface area contributed by atoms with Gasteiger partial charge in [-0.25, -0.2) is 0 Å². The maximum Gasteiger partial charge on any atom is 0.224 e. The van der Waals surface area contributed by atoms with Crippen LogP contribution in [0, 0.1) is 0 Å². The number of benzene rings is 2. The summed E-state index contributed by atoms with van der Waals surface area (Å²) in [6, 6.07) is 17.3. The van der Waals surface area contributed by atoms with E-state index in [0.717, 1.165) is 21.9 Å². The van der Waals surface area contributed by atoms with E-state index in [-0.39, 0.29) is 5.91 Å². The third-order valence-electron chi connectivity index (χ3n) is 3.37. The number of hydrogen-bond acceptors (Lipinski definition) is 5. The lowest BCUT2D eigenvalue weighted by Gasteiger charge is -2.07. The second-order valence-electron chi connectivity index (χ2n) is 5.17. The molecule has 2 aromatic carbocycles. The van der Waals surface area contributed by atoms with Gasteiger partial charge >= 0.3 is 0 Å². The normalized spacial score (nSPS) is 10.3. The molecule has 24 heavy (non-hydrogen) atoms. The van der Waals surface area contributed by atoms with Crippen LogP contribution in [-0.4, -0.2) is 22.1 Å². The van der Waals surface area contributed by atoms with Crippen molar-refractivity contribution in [3.05, 3.63) is 60.8 Å². The van der Waals surface area contributed by atoms with Crippen molar-refractivity contribution in [1.82, 2.24) is 9.59 Å². The van der Waals surface area contributed by atoms with Crippen LogP contribution in [0.4, 0.5) is 5.69 Å². The van der Waals surface area contributed by atoms with Gasteiger partial charge in [0.25, 0.3) is 0 Å². The smallest absolute Gasteiger partial charge is 0.224 e. The van der Waals surface area contributed by atoms with E-state index in [2.05, 4.69) is 14.9 Å². The molecule has 1 heterocycles. The predicted octanol–water partition coefficient (Wildman–Crippen LogP) is 4.00. The fourth-order valence-corrected chi connectivity index (χ4v) is 2.69. The van der Waals surface area contributed by atoms with Crippen LogP contribution in [0.3, 0.4) is 0 Å². The second kappa shape index (κ2) is 8.21. The average Bonchev–Trinajstić information content (AvgIpc) is 3.15. The number of para-hydroxylation sites is 1. The summed E-state index contributed by atoms with van der Waals surface area (Å²) in [5.74, 6) is 0.810. The number of anilines is 1. The van der Waals surface area contributed by atoms with Gasteiger partial charge in [0, 0.05) is 12.1 Å². The minimum atomic E-state index is -0.0149. The van der Waals surface area contributed by atoms with Gasteiger partial charge < -0.3 is 10.1 Å². The Hall–Kier alpha value is -2.73. The summed E-state index contributed by atoms with van der Waals surface area (Å²) in [5, 5.41) is 6.71. The van der Waals surface area contributed by atoms with Gasteiger partial charge in [0.1, 0.15) is 5.75 Å².